The number of nitrogens with zero attached hydrogens (tertiary/aromatic N) is 6. The van der Waals surface area contributed by atoms with Crippen LogP contribution in [0.1, 0.15) is 19.3 Å². The summed E-state index contributed by atoms with van der Waals surface area (Å²) >= 11 is 0. The van der Waals surface area contributed by atoms with Gasteiger partial charge in [-0.15, -0.1) is 0 Å². The summed E-state index contributed by atoms with van der Waals surface area (Å²) in [4.78, 5) is 38.0. The molecule has 35 heavy (non-hydrogen) atoms. The number of likely N-dealkylation sites (tertiary alicyclic amines) is 1. The third-order valence-corrected chi connectivity index (χ3v) is 6.22. The van der Waals surface area contributed by atoms with E-state index in [2.05, 4.69) is 35.7 Å². The molecule has 0 radical (unpaired) electrons. The number of hydrogen-bond acceptors (Lipinski definition) is 8. The SMILES string of the molecule is CN1CCC(OC(=O)Nc2ccnc(N3CCC(F)(F)[C@@H](N(C)C(=O)Nc4ccn[nH]4)C3)n2)CC1. The Kier molecular flexibility index (Phi) is 7.28. The van der Waals surface area contributed by atoms with Crippen LogP contribution in [0.3, 0.4) is 0 Å². The summed E-state index contributed by atoms with van der Waals surface area (Å²) in [6.07, 6.45) is 3.10. The highest BCUT2D eigenvalue weighted by atomic mass is 19.3. The Morgan fingerprint density at radius 3 is 2.69 bits per heavy atom. The minimum atomic E-state index is -3.11. The molecule has 190 valence electrons. The third kappa shape index (κ3) is 6.12. The number of rotatable bonds is 5. The normalized spacial score (nSPS) is 20.8. The van der Waals surface area contributed by atoms with Crippen LogP contribution in [-0.2, 0) is 4.74 Å². The Balaban J connectivity index is 1.39. The molecule has 12 nitrogen and oxygen atoms in total. The molecule has 0 bridgehead atoms. The number of hydrogen-bond donors (Lipinski definition) is 3. The topological polar surface area (TPSA) is 132 Å². The van der Waals surface area contributed by atoms with Crippen molar-refractivity contribution in [3.8, 4) is 0 Å². The summed E-state index contributed by atoms with van der Waals surface area (Å²) in [6, 6.07) is 0.892. The van der Waals surface area contributed by atoms with E-state index in [1.54, 1.807) is 4.90 Å². The Labute approximate surface area is 201 Å². The minimum Gasteiger partial charge on any atom is -0.446 e. The fraction of sp³-hybridized carbons (Fsp3) is 0.571. The smallest absolute Gasteiger partial charge is 0.413 e. The number of anilines is 3. The minimum absolute atomic E-state index is 0.0109. The van der Waals surface area contributed by atoms with Gasteiger partial charge in [0.25, 0.3) is 5.92 Å². The van der Waals surface area contributed by atoms with Gasteiger partial charge in [-0.25, -0.2) is 23.4 Å². The molecule has 2 aromatic rings. The third-order valence-electron chi connectivity index (χ3n) is 6.22. The number of aromatic nitrogens is 4. The lowest BCUT2D eigenvalue weighted by molar-refractivity contribution is -0.0760. The van der Waals surface area contributed by atoms with E-state index in [0.29, 0.717) is 5.82 Å². The molecular formula is C21H29F2N9O3. The number of H-pyrrole nitrogens is 1. The van der Waals surface area contributed by atoms with E-state index in [0.717, 1.165) is 30.8 Å². The predicted octanol–water partition coefficient (Wildman–Crippen LogP) is 2.22. The van der Waals surface area contributed by atoms with Crippen molar-refractivity contribution in [3.63, 3.8) is 0 Å². The van der Waals surface area contributed by atoms with E-state index in [1.807, 2.05) is 7.05 Å². The quantitative estimate of drug-likeness (QED) is 0.578. The van der Waals surface area contributed by atoms with Gasteiger partial charge in [-0.05, 0) is 26.0 Å². The number of likely N-dealkylation sites (N-methyl/N-ethyl adjacent to an activating group) is 1. The summed E-state index contributed by atoms with van der Waals surface area (Å²) in [5, 5.41) is 11.4. The number of aromatic amines is 1. The van der Waals surface area contributed by atoms with Crippen LogP contribution in [0.4, 0.5) is 36.0 Å². The van der Waals surface area contributed by atoms with Gasteiger partial charge in [-0.3, -0.25) is 15.7 Å². The lowest BCUT2D eigenvalue weighted by atomic mass is 10.00. The van der Waals surface area contributed by atoms with E-state index >= 15 is 0 Å². The number of urea groups is 1. The molecule has 0 aromatic carbocycles. The molecule has 0 saturated carbocycles. The number of ether oxygens (including phenoxy) is 1. The Hall–Kier alpha value is -3.55. The number of carbonyl (C=O) groups is 2. The fourth-order valence-electron chi connectivity index (χ4n) is 4.10. The number of amides is 3. The number of carbonyl (C=O) groups excluding carboxylic acids is 2. The molecule has 4 heterocycles. The maximum atomic E-state index is 14.8. The van der Waals surface area contributed by atoms with Crippen LogP contribution < -0.4 is 15.5 Å². The van der Waals surface area contributed by atoms with Crippen molar-refractivity contribution in [1.82, 2.24) is 30.0 Å². The first-order chi connectivity index (χ1) is 16.7. The zero-order chi connectivity index (χ0) is 25.0. The molecule has 0 aliphatic carbocycles. The van der Waals surface area contributed by atoms with Gasteiger partial charge in [0.2, 0.25) is 5.95 Å². The lowest BCUT2D eigenvalue weighted by Crippen LogP contribution is -2.60. The number of halogens is 2. The molecule has 2 aliphatic heterocycles. The standard InChI is InChI=1S/C21H29F2N9O3/c1-30-10-5-14(6-11-30)35-20(34)28-16-3-8-24-18(26-16)32-12-7-21(22,23)15(13-32)31(2)19(33)27-17-4-9-25-29-17/h3-4,8-9,14-15H,5-7,10-13H2,1-2H3,(H,24,26,28,34)(H2,25,27,29,33)/t15-/m0/s1. The first-order valence-corrected chi connectivity index (χ1v) is 11.4. The van der Waals surface area contributed by atoms with Gasteiger partial charge in [-0.1, -0.05) is 0 Å². The highest BCUT2D eigenvalue weighted by molar-refractivity contribution is 5.88. The van der Waals surface area contributed by atoms with E-state index < -0.39 is 30.5 Å². The summed E-state index contributed by atoms with van der Waals surface area (Å²) in [5.41, 5.74) is 0. The molecule has 0 spiro atoms. The highest BCUT2D eigenvalue weighted by Crippen LogP contribution is 2.33. The van der Waals surface area contributed by atoms with Gasteiger partial charge in [0.15, 0.2) is 0 Å². The summed E-state index contributed by atoms with van der Waals surface area (Å²) in [5.74, 6) is -2.44. The monoisotopic (exact) mass is 493 g/mol. The average molecular weight is 494 g/mol. The Morgan fingerprint density at radius 2 is 1.97 bits per heavy atom. The zero-order valence-electron chi connectivity index (χ0n) is 19.6. The van der Waals surface area contributed by atoms with Crippen molar-refractivity contribution in [2.24, 2.45) is 0 Å². The highest BCUT2D eigenvalue weighted by Gasteiger charge is 2.48. The molecule has 1 atom stereocenters. The van der Waals surface area contributed by atoms with Gasteiger partial charge in [0.1, 0.15) is 23.8 Å². The van der Waals surface area contributed by atoms with Gasteiger partial charge in [0.05, 0.1) is 6.20 Å². The molecule has 2 saturated heterocycles. The Morgan fingerprint density at radius 1 is 1.20 bits per heavy atom. The maximum Gasteiger partial charge on any atom is 0.413 e. The molecule has 2 aliphatic rings. The summed E-state index contributed by atoms with van der Waals surface area (Å²) in [7, 11) is 3.33. The first kappa shape index (κ1) is 24.6. The van der Waals surface area contributed by atoms with Gasteiger partial charge < -0.3 is 19.4 Å². The van der Waals surface area contributed by atoms with Crippen LogP contribution in [0, 0.1) is 0 Å². The van der Waals surface area contributed by atoms with Crippen LogP contribution in [0.25, 0.3) is 0 Å². The largest absolute Gasteiger partial charge is 0.446 e. The van der Waals surface area contributed by atoms with E-state index in [-0.39, 0.29) is 31.0 Å². The number of nitrogens with one attached hydrogen (secondary N) is 3. The molecule has 0 unspecified atom stereocenters. The fourth-order valence-corrected chi connectivity index (χ4v) is 4.10. The van der Waals surface area contributed by atoms with Gasteiger partial charge >= 0.3 is 12.1 Å². The van der Waals surface area contributed by atoms with Gasteiger partial charge in [0, 0.05) is 51.9 Å². The number of piperidine rings is 2. The second-order valence-corrected chi connectivity index (χ2v) is 8.76. The molecule has 3 N–H and O–H groups in total. The first-order valence-electron chi connectivity index (χ1n) is 11.4. The molecule has 4 rings (SSSR count). The number of alkyl halides is 2. The molecule has 14 heteroatoms. The van der Waals surface area contributed by atoms with Crippen molar-refractivity contribution in [2.45, 2.75) is 37.3 Å². The second kappa shape index (κ2) is 10.4. The van der Waals surface area contributed by atoms with Crippen molar-refractivity contribution in [2.75, 3.05) is 55.8 Å². The van der Waals surface area contributed by atoms with Gasteiger partial charge in [-0.2, -0.15) is 10.1 Å². The molecule has 3 amide bonds. The van der Waals surface area contributed by atoms with Crippen molar-refractivity contribution in [3.05, 3.63) is 24.5 Å². The molecular weight excluding hydrogens is 464 g/mol. The summed E-state index contributed by atoms with van der Waals surface area (Å²) in [6.45, 7) is 1.50. The maximum absolute atomic E-state index is 14.8. The summed E-state index contributed by atoms with van der Waals surface area (Å²) < 4.78 is 35.0. The van der Waals surface area contributed by atoms with Crippen LogP contribution in [0.2, 0.25) is 0 Å². The van der Waals surface area contributed by atoms with Crippen LogP contribution in [0.15, 0.2) is 24.5 Å². The van der Waals surface area contributed by atoms with Crippen molar-refractivity contribution < 1.29 is 23.1 Å². The van der Waals surface area contributed by atoms with Crippen molar-refractivity contribution in [1.29, 1.82) is 0 Å². The zero-order valence-corrected chi connectivity index (χ0v) is 19.6. The predicted molar refractivity (Wildman–Crippen MR) is 124 cm³/mol. The van der Waals surface area contributed by atoms with E-state index in [4.69, 9.17) is 4.74 Å². The van der Waals surface area contributed by atoms with Crippen LogP contribution >= 0.6 is 0 Å². The van der Waals surface area contributed by atoms with Crippen molar-refractivity contribution >= 4 is 29.7 Å². The molecule has 2 aromatic heterocycles. The van der Waals surface area contributed by atoms with Crippen LogP contribution in [-0.4, -0.2) is 100 Å². The van der Waals surface area contributed by atoms with Crippen LogP contribution in [0.5, 0.6) is 0 Å². The molecule has 2 fully saturated rings. The Bertz CT molecular complexity index is 1020. The second-order valence-electron chi connectivity index (χ2n) is 8.76. The average Bonchev–Trinajstić information content (AvgIpc) is 3.33. The lowest BCUT2D eigenvalue weighted by Gasteiger charge is -2.42. The van der Waals surface area contributed by atoms with E-state index in [1.165, 1.54) is 31.6 Å². The van der Waals surface area contributed by atoms with E-state index in [9.17, 15) is 18.4 Å².